The van der Waals surface area contributed by atoms with Crippen LogP contribution < -0.4 is 0 Å². The summed E-state index contributed by atoms with van der Waals surface area (Å²) in [5.74, 6) is -0.350. The highest BCUT2D eigenvalue weighted by Crippen LogP contribution is 2.32. The molecule has 3 aromatic rings. The van der Waals surface area contributed by atoms with Gasteiger partial charge in [0.15, 0.2) is 0 Å². The predicted octanol–water partition coefficient (Wildman–Crippen LogP) is 3.03. The molecule has 6 heteroatoms. The van der Waals surface area contributed by atoms with Crippen molar-refractivity contribution in [1.82, 2.24) is 9.97 Å². The molecule has 0 radical (unpaired) electrons. The van der Waals surface area contributed by atoms with Gasteiger partial charge in [0, 0.05) is 10.4 Å². The van der Waals surface area contributed by atoms with Crippen LogP contribution in [0.3, 0.4) is 0 Å². The summed E-state index contributed by atoms with van der Waals surface area (Å²) >= 11 is 1.45. The molecule has 112 valence electrons. The number of esters is 1. The first-order valence-corrected chi connectivity index (χ1v) is 7.66. The zero-order chi connectivity index (χ0) is 15.5. The molecule has 5 nitrogen and oxygen atoms in total. The van der Waals surface area contributed by atoms with E-state index in [4.69, 9.17) is 4.74 Å². The molecule has 0 saturated heterocycles. The van der Waals surface area contributed by atoms with Gasteiger partial charge in [0.05, 0.1) is 34.7 Å². The molecule has 0 aliphatic carbocycles. The van der Waals surface area contributed by atoms with Crippen molar-refractivity contribution in [2.24, 2.45) is 0 Å². The number of hydrogen-bond donors (Lipinski definition) is 1. The lowest BCUT2D eigenvalue weighted by atomic mass is 10.1. The van der Waals surface area contributed by atoms with Crippen LogP contribution in [-0.2, 0) is 11.3 Å². The number of carbonyl (C=O) groups excluding carboxylic acids is 1. The fourth-order valence-electron chi connectivity index (χ4n) is 2.20. The van der Waals surface area contributed by atoms with Crippen LogP contribution >= 0.6 is 11.3 Å². The smallest absolute Gasteiger partial charge is 0.338 e. The third kappa shape index (κ3) is 2.70. The van der Waals surface area contributed by atoms with Gasteiger partial charge in [-0.15, -0.1) is 11.3 Å². The highest BCUT2D eigenvalue weighted by atomic mass is 32.1. The first kappa shape index (κ1) is 14.6. The third-order valence-electron chi connectivity index (χ3n) is 3.17. The second kappa shape index (κ2) is 6.21. The van der Waals surface area contributed by atoms with Gasteiger partial charge >= 0.3 is 5.97 Å². The Bertz CT molecular complexity index is 829. The Morgan fingerprint density at radius 1 is 1.32 bits per heavy atom. The van der Waals surface area contributed by atoms with E-state index in [-0.39, 0.29) is 12.6 Å². The van der Waals surface area contributed by atoms with Crippen molar-refractivity contribution >= 4 is 27.5 Å². The van der Waals surface area contributed by atoms with Crippen molar-refractivity contribution < 1.29 is 14.6 Å². The summed E-state index contributed by atoms with van der Waals surface area (Å²) in [6, 6.07) is 9.02. The largest absolute Gasteiger partial charge is 0.462 e. The van der Waals surface area contributed by atoms with E-state index in [1.165, 1.54) is 17.7 Å². The maximum atomic E-state index is 11.9. The summed E-state index contributed by atoms with van der Waals surface area (Å²) in [4.78, 5) is 21.2. The molecule has 22 heavy (non-hydrogen) atoms. The topological polar surface area (TPSA) is 72.3 Å². The molecule has 2 heterocycles. The summed E-state index contributed by atoms with van der Waals surface area (Å²) < 4.78 is 5.92. The summed E-state index contributed by atoms with van der Waals surface area (Å²) in [7, 11) is 0. The molecule has 0 atom stereocenters. The fourth-order valence-corrected chi connectivity index (χ4v) is 3.18. The molecular formula is C16H14N2O3S. The molecule has 0 unspecified atom stereocenters. The van der Waals surface area contributed by atoms with Crippen LogP contribution in [0.2, 0.25) is 0 Å². The van der Waals surface area contributed by atoms with Crippen molar-refractivity contribution in [3.05, 3.63) is 47.1 Å². The lowest BCUT2D eigenvalue weighted by Gasteiger charge is -2.05. The minimum atomic E-state index is -0.350. The zero-order valence-corrected chi connectivity index (χ0v) is 12.8. The lowest BCUT2D eigenvalue weighted by Crippen LogP contribution is -2.04. The molecule has 3 rings (SSSR count). The molecule has 0 bridgehead atoms. The Morgan fingerprint density at radius 2 is 2.18 bits per heavy atom. The Balaban J connectivity index is 2.09. The van der Waals surface area contributed by atoms with E-state index in [2.05, 4.69) is 9.97 Å². The Labute approximate surface area is 131 Å². The second-order valence-corrected chi connectivity index (χ2v) is 5.75. The van der Waals surface area contributed by atoms with Crippen molar-refractivity contribution in [2.75, 3.05) is 6.61 Å². The van der Waals surface area contributed by atoms with Gasteiger partial charge in [0.1, 0.15) is 6.33 Å². The number of fused-ring (bicyclic) bond motifs is 1. The van der Waals surface area contributed by atoms with Crippen molar-refractivity contribution in [3.63, 3.8) is 0 Å². The number of carbonyl (C=O) groups is 1. The lowest BCUT2D eigenvalue weighted by molar-refractivity contribution is 0.0526. The van der Waals surface area contributed by atoms with Gasteiger partial charge in [-0.2, -0.15) is 0 Å². The monoisotopic (exact) mass is 314 g/mol. The number of rotatable bonds is 4. The predicted molar refractivity (Wildman–Crippen MR) is 84.7 cm³/mol. The Morgan fingerprint density at radius 3 is 2.95 bits per heavy atom. The molecular weight excluding hydrogens is 300 g/mol. The highest BCUT2D eigenvalue weighted by Gasteiger charge is 2.13. The normalized spacial score (nSPS) is 10.8. The molecule has 0 spiro atoms. The zero-order valence-electron chi connectivity index (χ0n) is 11.9. The summed E-state index contributed by atoms with van der Waals surface area (Å²) in [5, 5.41) is 9.28. The van der Waals surface area contributed by atoms with Gasteiger partial charge in [-0.25, -0.2) is 14.8 Å². The van der Waals surface area contributed by atoms with Crippen LogP contribution in [0.25, 0.3) is 21.5 Å². The molecule has 0 aliphatic rings. The standard InChI is InChI=1S/C16H14N2O3S/c1-2-21-16(20)11-5-3-4-10(6-11)14-15-13(17-9-18-14)7-12(8-19)22-15/h3-7,9,19H,2,8H2,1H3. The van der Waals surface area contributed by atoms with Crippen LogP contribution in [0.5, 0.6) is 0 Å². The Hall–Kier alpha value is -2.31. The number of benzene rings is 1. The van der Waals surface area contributed by atoms with Crippen LogP contribution in [0, 0.1) is 0 Å². The van der Waals surface area contributed by atoms with Crippen LogP contribution in [0.1, 0.15) is 22.2 Å². The molecule has 2 aromatic heterocycles. The average molecular weight is 314 g/mol. The van der Waals surface area contributed by atoms with E-state index >= 15 is 0 Å². The van der Waals surface area contributed by atoms with Gasteiger partial charge in [-0.1, -0.05) is 12.1 Å². The molecule has 1 aromatic carbocycles. The van der Waals surface area contributed by atoms with Crippen molar-refractivity contribution in [3.8, 4) is 11.3 Å². The summed E-state index contributed by atoms with van der Waals surface area (Å²) in [6.45, 7) is 2.09. The Kier molecular flexibility index (Phi) is 4.13. The number of thiophene rings is 1. The van der Waals surface area contributed by atoms with Gasteiger partial charge in [0.2, 0.25) is 0 Å². The number of nitrogens with zero attached hydrogens (tertiary/aromatic N) is 2. The second-order valence-electron chi connectivity index (χ2n) is 4.61. The van der Waals surface area contributed by atoms with E-state index in [0.29, 0.717) is 12.2 Å². The SMILES string of the molecule is CCOC(=O)c1cccc(-c2ncnc3cc(CO)sc23)c1. The van der Waals surface area contributed by atoms with E-state index < -0.39 is 0 Å². The van der Waals surface area contributed by atoms with Gasteiger partial charge in [0.25, 0.3) is 0 Å². The van der Waals surface area contributed by atoms with E-state index in [1.54, 1.807) is 25.1 Å². The minimum absolute atomic E-state index is 0.0245. The molecule has 0 aliphatic heterocycles. The number of hydrogen-bond acceptors (Lipinski definition) is 6. The first-order valence-electron chi connectivity index (χ1n) is 6.84. The van der Waals surface area contributed by atoms with Crippen LogP contribution in [-0.4, -0.2) is 27.7 Å². The minimum Gasteiger partial charge on any atom is -0.462 e. The first-order chi connectivity index (χ1) is 10.7. The van der Waals surface area contributed by atoms with Gasteiger partial charge < -0.3 is 9.84 Å². The summed E-state index contributed by atoms with van der Waals surface area (Å²) in [5.41, 5.74) is 2.86. The third-order valence-corrected chi connectivity index (χ3v) is 4.28. The van der Waals surface area contributed by atoms with Gasteiger partial charge in [-0.3, -0.25) is 0 Å². The average Bonchev–Trinajstić information content (AvgIpc) is 2.98. The van der Waals surface area contributed by atoms with E-state index in [0.717, 1.165) is 26.4 Å². The number of aromatic nitrogens is 2. The van der Waals surface area contributed by atoms with Crippen molar-refractivity contribution in [1.29, 1.82) is 0 Å². The van der Waals surface area contributed by atoms with Crippen molar-refractivity contribution in [2.45, 2.75) is 13.5 Å². The maximum absolute atomic E-state index is 11.9. The van der Waals surface area contributed by atoms with Crippen LogP contribution in [0.15, 0.2) is 36.7 Å². The van der Waals surface area contributed by atoms with E-state index in [1.807, 2.05) is 12.1 Å². The number of aliphatic hydroxyl groups is 1. The summed E-state index contributed by atoms with van der Waals surface area (Å²) in [6.07, 6.45) is 1.49. The molecule has 0 amide bonds. The molecule has 1 N–H and O–H groups in total. The molecule has 0 fully saturated rings. The van der Waals surface area contributed by atoms with Crippen LogP contribution in [0.4, 0.5) is 0 Å². The molecule has 0 saturated carbocycles. The number of ether oxygens (including phenoxy) is 1. The fraction of sp³-hybridized carbons (Fsp3) is 0.188. The maximum Gasteiger partial charge on any atom is 0.338 e. The van der Waals surface area contributed by atoms with E-state index in [9.17, 15) is 9.90 Å². The quantitative estimate of drug-likeness (QED) is 0.749. The number of aliphatic hydroxyl groups excluding tert-OH is 1. The highest BCUT2D eigenvalue weighted by molar-refractivity contribution is 7.19. The van der Waals surface area contributed by atoms with Gasteiger partial charge in [-0.05, 0) is 25.1 Å².